The van der Waals surface area contributed by atoms with E-state index in [0.29, 0.717) is 12.5 Å². The van der Waals surface area contributed by atoms with E-state index in [0.717, 1.165) is 25.9 Å². The predicted octanol–water partition coefficient (Wildman–Crippen LogP) is 2.28. The van der Waals surface area contributed by atoms with E-state index in [1.807, 2.05) is 0 Å². The molecule has 0 aromatic heterocycles. The third-order valence-electron chi connectivity index (χ3n) is 2.31. The molecule has 0 atom stereocenters. The Labute approximate surface area is 74.9 Å². The minimum absolute atomic E-state index is 0.569. The summed E-state index contributed by atoms with van der Waals surface area (Å²) < 4.78 is 13.2. The van der Waals surface area contributed by atoms with E-state index in [2.05, 4.69) is 11.8 Å². The lowest BCUT2D eigenvalue weighted by atomic mass is 9.98. The summed E-state index contributed by atoms with van der Waals surface area (Å²) in [4.78, 5) is 2.20. The van der Waals surface area contributed by atoms with Crippen molar-refractivity contribution in [3.8, 4) is 0 Å². The molecule has 0 aromatic carbocycles. The van der Waals surface area contributed by atoms with E-state index in [1.165, 1.54) is 0 Å². The normalized spacial score (nSPS) is 23.0. The maximum absolute atomic E-state index is 13.2. The molecule has 2 heteroatoms. The van der Waals surface area contributed by atoms with Gasteiger partial charge in [0, 0.05) is 6.54 Å². The van der Waals surface area contributed by atoms with Crippen molar-refractivity contribution in [3.63, 3.8) is 0 Å². The van der Waals surface area contributed by atoms with E-state index in [9.17, 15) is 4.39 Å². The molecule has 1 aliphatic heterocycles. The Kier molecular flexibility index (Phi) is 3.10. The molecule has 0 saturated carbocycles. The standard InChI is InChI=1S/C10H19FN/c1-9-4-6-12(7-5-9)8-10(2,3)11/h9H,1,4-8H2,2-3H3. The molecule has 0 spiro atoms. The first-order valence-corrected chi connectivity index (χ1v) is 4.72. The number of rotatable bonds is 2. The lowest BCUT2D eigenvalue weighted by Crippen LogP contribution is -2.40. The van der Waals surface area contributed by atoms with E-state index in [4.69, 9.17) is 0 Å². The largest absolute Gasteiger partial charge is 0.300 e. The molecule has 1 nitrogen and oxygen atoms in total. The molecule has 0 bridgehead atoms. The number of piperidine rings is 1. The molecule has 1 heterocycles. The summed E-state index contributed by atoms with van der Waals surface area (Å²) in [5.41, 5.74) is -1.05. The molecule has 0 unspecified atom stereocenters. The van der Waals surface area contributed by atoms with Gasteiger partial charge in [-0.25, -0.2) is 4.39 Å². The zero-order valence-electron chi connectivity index (χ0n) is 8.15. The van der Waals surface area contributed by atoms with Crippen molar-refractivity contribution >= 4 is 0 Å². The van der Waals surface area contributed by atoms with E-state index < -0.39 is 5.67 Å². The highest BCUT2D eigenvalue weighted by atomic mass is 19.1. The summed E-state index contributed by atoms with van der Waals surface area (Å²) in [5, 5.41) is 0. The molecule has 1 rings (SSSR count). The molecule has 71 valence electrons. The molecule has 0 N–H and O–H groups in total. The Bertz CT molecular complexity index is 131. The van der Waals surface area contributed by atoms with Crippen LogP contribution in [0, 0.1) is 12.8 Å². The molecular formula is C10H19FN. The van der Waals surface area contributed by atoms with Crippen molar-refractivity contribution in [2.75, 3.05) is 19.6 Å². The van der Waals surface area contributed by atoms with Gasteiger partial charge in [-0.1, -0.05) is 6.92 Å². The van der Waals surface area contributed by atoms with Crippen LogP contribution in [0.5, 0.6) is 0 Å². The molecule has 0 aliphatic carbocycles. The van der Waals surface area contributed by atoms with Gasteiger partial charge in [0.2, 0.25) is 0 Å². The van der Waals surface area contributed by atoms with Crippen LogP contribution in [-0.2, 0) is 0 Å². The predicted molar refractivity (Wildman–Crippen MR) is 49.7 cm³/mol. The Hall–Kier alpha value is -0.110. The van der Waals surface area contributed by atoms with Gasteiger partial charge >= 0.3 is 0 Å². The fourth-order valence-electron chi connectivity index (χ4n) is 1.68. The van der Waals surface area contributed by atoms with Crippen molar-refractivity contribution in [2.24, 2.45) is 5.92 Å². The third-order valence-corrected chi connectivity index (χ3v) is 2.31. The fraction of sp³-hybridized carbons (Fsp3) is 0.900. The van der Waals surface area contributed by atoms with Crippen LogP contribution in [0.4, 0.5) is 4.39 Å². The lowest BCUT2D eigenvalue weighted by molar-refractivity contribution is 0.102. The highest BCUT2D eigenvalue weighted by molar-refractivity contribution is 4.78. The minimum atomic E-state index is -1.05. The van der Waals surface area contributed by atoms with Crippen LogP contribution in [0.1, 0.15) is 26.7 Å². The molecular weight excluding hydrogens is 153 g/mol. The summed E-state index contributed by atoms with van der Waals surface area (Å²) in [6.07, 6.45) is 2.24. The number of hydrogen-bond acceptors (Lipinski definition) is 1. The van der Waals surface area contributed by atoms with Gasteiger partial charge in [-0.3, -0.25) is 0 Å². The van der Waals surface area contributed by atoms with Gasteiger partial charge in [0.05, 0.1) is 0 Å². The van der Waals surface area contributed by atoms with Gasteiger partial charge < -0.3 is 4.90 Å². The van der Waals surface area contributed by atoms with E-state index in [-0.39, 0.29) is 0 Å². The zero-order chi connectivity index (χ0) is 9.19. The first-order valence-electron chi connectivity index (χ1n) is 4.72. The average Bonchev–Trinajstić information content (AvgIpc) is 1.91. The van der Waals surface area contributed by atoms with Crippen LogP contribution in [0.3, 0.4) is 0 Å². The SMILES string of the molecule is [CH2]C1CCN(CC(C)(C)F)CC1. The van der Waals surface area contributed by atoms with Crippen LogP contribution in [0.2, 0.25) is 0 Å². The molecule has 1 fully saturated rings. The van der Waals surface area contributed by atoms with Crippen LogP contribution in [0.15, 0.2) is 0 Å². The first-order chi connectivity index (χ1) is 5.47. The maximum Gasteiger partial charge on any atom is 0.118 e. The van der Waals surface area contributed by atoms with Gasteiger partial charge in [-0.15, -0.1) is 0 Å². The quantitative estimate of drug-likeness (QED) is 0.617. The summed E-state index contributed by atoms with van der Waals surface area (Å²) in [7, 11) is 0. The Balaban J connectivity index is 2.26. The van der Waals surface area contributed by atoms with E-state index in [1.54, 1.807) is 13.8 Å². The minimum Gasteiger partial charge on any atom is -0.300 e. The molecule has 1 radical (unpaired) electrons. The van der Waals surface area contributed by atoms with E-state index >= 15 is 0 Å². The Morgan fingerprint density at radius 1 is 1.42 bits per heavy atom. The summed E-state index contributed by atoms with van der Waals surface area (Å²) in [6, 6.07) is 0. The Morgan fingerprint density at radius 2 is 1.92 bits per heavy atom. The number of halogens is 1. The first kappa shape index (κ1) is 9.97. The van der Waals surface area contributed by atoms with Crippen molar-refractivity contribution < 1.29 is 4.39 Å². The van der Waals surface area contributed by atoms with Gasteiger partial charge in [0.15, 0.2) is 0 Å². The smallest absolute Gasteiger partial charge is 0.118 e. The van der Waals surface area contributed by atoms with Gasteiger partial charge in [0.1, 0.15) is 5.67 Å². The van der Waals surface area contributed by atoms with Crippen LogP contribution < -0.4 is 0 Å². The topological polar surface area (TPSA) is 3.24 Å². The maximum atomic E-state index is 13.2. The summed E-state index contributed by atoms with van der Waals surface area (Å²) in [6.45, 7) is 9.89. The molecule has 0 aromatic rings. The monoisotopic (exact) mass is 172 g/mol. The number of nitrogens with zero attached hydrogens (tertiary/aromatic N) is 1. The van der Waals surface area contributed by atoms with Crippen molar-refractivity contribution in [1.29, 1.82) is 0 Å². The molecule has 1 aliphatic rings. The molecule has 12 heavy (non-hydrogen) atoms. The van der Waals surface area contributed by atoms with Gasteiger partial charge in [-0.2, -0.15) is 0 Å². The zero-order valence-corrected chi connectivity index (χ0v) is 8.15. The lowest BCUT2D eigenvalue weighted by Gasteiger charge is -2.33. The number of alkyl halides is 1. The average molecular weight is 172 g/mol. The number of hydrogen-bond donors (Lipinski definition) is 0. The second-order valence-electron chi connectivity index (χ2n) is 4.44. The van der Waals surface area contributed by atoms with Crippen molar-refractivity contribution in [2.45, 2.75) is 32.4 Å². The van der Waals surface area contributed by atoms with Gasteiger partial charge in [0.25, 0.3) is 0 Å². The second-order valence-corrected chi connectivity index (χ2v) is 4.44. The second kappa shape index (κ2) is 3.73. The van der Waals surface area contributed by atoms with Crippen LogP contribution in [0.25, 0.3) is 0 Å². The summed E-state index contributed by atoms with van der Waals surface area (Å²) in [5.74, 6) is 0.587. The fourth-order valence-corrected chi connectivity index (χ4v) is 1.68. The highest BCUT2D eigenvalue weighted by Crippen LogP contribution is 2.19. The third kappa shape index (κ3) is 3.53. The van der Waals surface area contributed by atoms with Crippen LogP contribution >= 0.6 is 0 Å². The number of likely N-dealkylation sites (tertiary alicyclic amines) is 1. The Morgan fingerprint density at radius 3 is 2.33 bits per heavy atom. The highest BCUT2D eigenvalue weighted by Gasteiger charge is 2.23. The van der Waals surface area contributed by atoms with Gasteiger partial charge in [-0.05, 0) is 45.7 Å². The van der Waals surface area contributed by atoms with Crippen LogP contribution in [-0.4, -0.2) is 30.2 Å². The molecule has 0 amide bonds. The molecule has 1 saturated heterocycles. The van der Waals surface area contributed by atoms with Crippen molar-refractivity contribution in [3.05, 3.63) is 6.92 Å². The summed E-state index contributed by atoms with van der Waals surface area (Å²) >= 11 is 0. The van der Waals surface area contributed by atoms with Crippen molar-refractivity contribution in [1.82, 2.24) is 4.90 Å².